The highest BCUT2D eigenvalue weighted by Crippen LogP contribution is 2.28. The Balaban J connectivity index is 2.04. The van der Waals surface area contributed by atoms with E-state index in [4.69, 9.17) is 4.74 Å². The average molecular weight is 580 g/mol. The summed E-state index contributed by atoms with van der Waals surface area (Å²) in [5.74, 6) is -0.304. The Morgan fingerprint density at radius 2 is 1.61 bits per heavy atom. The monoisotopic (exact) mass is 579 g/mol. The van der Waals surface area contributed by atoms with Crippen LogP contribution in [0.5, 0.6) is 5.75 Å². The lowest BCUT2D eigenvalue weighted by Gasteiger charge is -2.34. The van der Waals surface area contributed by atoms with E-state index >= 15 is 0 Å². The van der Waals surface area contributed by atoms with Crippen molar-refractivity contribution in [2.45, 2.75) is 63.9 Å². The molecule has 0 aromatic heterocycles. The van der Waals surface area contributed by atoms with Crippen LogP contribution >= 0.6 is 0 Å². The van der Waals surface area contributed by atoms with Crippen molar-refractivity contribution in [1.29, 1.82) is 0 Å². The number of carbonyl (C=O) groups is 2. The minimum atomic E-state index is -4.14. The Labute approximate surface area is 244 Å². The number of hydrogen-bond donors (Lipinski definition) is 1. The molecular formula is C32H41N3O5S. The summed E-state index contributed by atoms with van der Waals surface area (Å²) in [5.41, 5.74) is 1.71. The van der Waals surface area contributed by atoms with Crippen molar-refractivity contribution in [2.75, 3.05) is 24.5 Å². The molecule has 3 rings (SSSR count). The first kappa shape index (κ1) is 31.7. The summed E-state index contributed by atoms with van der Waals surface area (Å²) in [7, 11) is -2.65. The van der Waals surface area contributed by atoms with Gasteiger partial charge in [0.15, 0.2) is 0 Å². The molecule has 3 aromatic carbocycles. The Kier molecular flexibility index (Phi) is 10.6. The third-order valence-electron chi connectivity index (χ3n) is 6.60. The SMILES string of the molecule is CCC(C(=O)NC(C)(C)C)N(CCc1ccccc1)C(=O)CN(c1cccc(OC)c1)S(=O)(=O)c1ccc(C)cc1. The molecule has 1 N–H and O–H groups in total. The summed E-state index contributed by atoms with van der Waals surface area (Å²) >= 11 is 0. The lowest BCUT2D eigenvalue weighted by molar-refractivity contribution is -0.140. The number of aryl methyl sites for hydroxylation is 1. The molecule has 0 heterocycles. The number of nitrogens with zero attached hydrogens (tertiary/aromatic N) is 2. The number of benzene rings is 3. The van der Waals surface area contributed by atoms with Gasteiger partial charge < -0.3 is 15.0 Å². The van der Waals surface area contributed by atoms with Gasteiger partial charge in [0, 0.05) is 18.2 Å². The number of anilines is 1. The molecule has 1 atom stereocenters. The van der Waals surface area contributed by atoms with Crippen molar-refractivity contribution in [1.82, 2.24) is 10.2 Å². The summed E-state index contributed by atoms with van der Waals surface area (Å²) < 4.78 is 34.4. The molecule has 0 aliphatic heterocycles. The van der Waals surface area contributed by atoms with Crippen LogP contribution in [0.1, 0.15) is 45.2 Å². The molecule has 3 aromatic rings. The zero-order valence-corrected chi connectivity index (χ0v) is 25.6. The fourth-order valence-corrected chi connectivity index (χ4v) is 5.89. The van der Waals surface area contributed by atoms with Crippen LogP contribution in [0.2, 0.25) is 0 Å². The van der Waals surface area contributed by atoms with E-state index < -0.39 is 34.1 Å². The normalized spacial score (nSPS) is 12.3. The number of ether oxygens (including phenoxy) is 1. The molecule has 0 aliphatic carbocycles. The van der Waals surface area contributed by atoms with E-state index in [0.717, 1.165) is 15.4 Å². The van der Waals surface area contributed by atoms with E-state index in [1.54, 1.807) is 36.4 Å². The van der Waals surface area contributed by atoms with Gasteiger partial charge in [0.2, 0.25) is 11.8 Å². The third-order valence-corrected chi connectivity index (χ3v) is 8.39. The predicted octanol–water partition coefficient (Wildman–Crippen LogP) is 4.96. The lowest BCUT2D eigenvalue weighted by atomic mass is 10.1. The quantitative estimate of drug-likeness (QED) is 0.327. The van der Waals surface area contributed by atoms with Crippen LogP contribution < -0.4 is 14.4 Å². The second-order valence-electron chi connectivity index (χ2n) is 11.0. The summed E-state index contributed by atoms with van der Waals surface area (Å²) in [6.45, 7) is 9.12. The molecular weight excluding hydrogens is 538 g/mol. The van der Waals surface area contributed by atoms with Gasteiger partial charge in [-0.15, -0.1) is 0 Å². The zero-order valence-electron chi connectivity index (χ0n) is 24.8. The van der Waals surface area contributed by atoms with Crippen molar-refractivity contribution in [3.63, 3.8) is 0 Å². The van der Waals surface area contributed by atoms with Crippen molar-refractivity contribution in [3.05, 3.63) is 90.0 Å². The van der Waals surface area contributed by atoms with Crippen molar-refractivity contribution < 1.29 is 22.7 Å². The van der Waals surface area contributed by atoms with Crippen LogP contribution in [-0.2, 0) is 26.0 Å². The van der Waals surface area contributed by atoms with Crippen LogP contribution in [0.25, 0.3) is 0 Å². The summed E-state index contributed by atoms with van der Waals surface area (Å²) in [4.78, 5) is 29.1. The van der Waals surface area contributed by atoms with Crippen LogP contribution in [0, 0.1) is 6.92 Å². The van der Waals surface area contributed by atoms with Gasteiger partial charge in [0.1, 0.15) is 18.3 Å². The molecule has 0 saturated heterocycles. The number of rotatable bonds is 12. The standard InChI is InChI=1S/C32H41N3O5S/c1-7-29(31(37)33-32(3,4)5)34(21-20-25-12-9-8-10-13-25)30(36)23-35(26-14-11-15-27(22-26)40-6)41(38,39)28-18-16-24(2)17-19-28/h8-19,22,29H,7,20-21,23H2,1-6H3,(H,33,37). The zero-order chi connectivity index (χ0) is 30.2. The van der Waals surface area contributed by atoms with E-state index in [-0.39, 0.29) is 23.0 Å². The molecule has 41 heavy (non-hydrogen) atoms. The fraction of sp³-hybridized carbons (Fsp3) is 0.375. The van der Waals surface area contributed by atoms with E-state index in [9.17, 15) is 18.0 Å². The maximum Gasteiger partial charge on any atom is 0.264 e. The maximum atomic E-state index is 14.1. The fourth-order valence-electron chi connectivity index (χ4n) is 4.48. The predicted molar refractivity (Wildman–Crippen MR) is 163 cm³/mol. The Morgan fingerprint density at radius 3 is 2.20 bits per heavy atom. The van der Waals surface area contributed by atoms with Crippen LogP contribution in [0.4, 0.5) is 5.69 Å². The van der Waals surface area contributed by atoms with Crippen LogP contribution in [0.15, 0.2) is 83.8 Å². The molecule has 220 valence electrons. The number of amides is 2. The van der Waals surface area contributed by atoms with Gasteiger partial charge in [-0.1, -0.05) is 61.0 Å². The van der Waals surface area contributed by atoms with Crippen molar-refractivity contribution in [2.24, 2.45) is 0 Å². The summed E-state index contributed by atoms with van der Waals surface area (Å²) in [6, 6.07) is 22.0. The van der Waals surface area contributed by atoms with Gasteiger partial charge >= 0.3 is 0 Å². The second kappa shape index (κ2) is 13.7. The average Bonchev–Trinajstić information content (AvgIpc) is 2.93. The molecule has 0 bridgehead atoms. The van der Waals surface area contributed by atoms with E-state index in [2.05, 4.69) is 5.32 Å². The van der Waals surface area contributed by atoms with Gasteiger partial charge in [-0.25, -0.2) is 8.42 Å². The highest BCUT2D eigenvalue weighted by atomic mass is 32.2. The maximum absolute atomic E-state index is 14.1. The largest absolute Gasteiger partial charge is 0.497 e. The Morgan fingerprint density at radius 1 is 0.951 bits per heavy atom. The topological polar surface area (TPSA) is 96.0 Å². The molecule has 9 heteroatoms. The summed E-state index contributed by atoms with van der Waals surface area (Å²) in [6.07, 6.45) is 0.877. The van der Waals surface area contributed by atoms with Gasteiger partial charge in [-0.2, -0.15) is 0 Å². The van der Waals surface area contributed by atoms with Gasteiger partial charge in [0.25, 0.3) is 10.0 Å². The first-order valence-electron chi connectivity index (χ1n) is 13.7. The van der Waals surface area contributed by atoms with Crippen molar-refractivity contribution >= 4 is 27.5 Å². The minimum absolute atomic E-state index is 0.0621. The first-order valence-corrected chi connectivity index (χ1v) is 15.2. The number of methoxy groups -OCH3 is 1. The second-order valence-corrected chi connectivity index (χ2v) is 12.9. The minimum Gasteiger partial charge on any atom is -0.497 e. The number of hydrogen-bond acceptors (Lipinski definition) is 5. The van der Waals surface area contributed by atoms with Crippen LogP contribution in [0.3, 0.4) is 0 Å². The number of carbonyl (C=O) groups excluding carboxylic acids is 2. The molecule has 0 fully saturated rings. The Hall–Kier alpha value is -3.85. The van der Waals surface area contributed by atoms with Crippen molar-refractivity contribution in [3.8, 4) is 5.75 Å². The highest BCUT2D eigenvalue weighted by molar-refractivity contribution is 7.92. The Bertz CT molecular complexity index is 1420. The molecule has 8 nitrogen and oxygen atoms in total. The lowest BCUT2D eigenvalue weighted by Crippen LogP contribution is -2.56. The van der Waals surface area contributed by atoms with Gasteiger partial charge in [-0.3, -0.25) is 13.9 Å². The van der Waals surface area contributed by atoms with Gasteiger partial charge in [0.05, 0.1) is 17.7 Å². The molecule has 0 radical (unpaired) electrons. The molecule has 0 saturated carbocycles. The molecule has 0 spiro atoms. The number of sulfonamides is 1. The first-order chi connectivity index (χ1) is 19.4. The third kappa shape index (κ3) is 8.57. The van der Waals surface area contributed by atoms with E-state index in [1.807, 2.05) is 65.0 Å². The molecule has 2 amide bonds. The van der Waals surface area contributed by atoms with Crippen LogP contribution in [-0.4, -0.2) is 56.9 Å². The smallest absolute Gasteiger partial charge is 0.264 e. The van der Waals surface area contributed by atoms with E-state index in [0.29, 0.717) is 18.6 Å². The summed E-state index contributed by atoms with van der Waals surface area (Å²) in [5, 5.41) is 2.98. The number of nitrogens with one attached hydrogen (secondary N) is 1. The van der Waals surface area contributed by atoms with Gasteiger partial charge in [-0.05, 0) is 70.4 Å². The molecule has 0 aliphatic rings. The highest BCUT2D eigenvalue weighted by Gasteiger charge is 2.34. The molecule has 1 unspecified atom stereocenters. The van der Waals surface area contributed by atoms with E-state index in [1.165, 1.54) is 24.1 Å².